The molecule has 8 heteroatoms. The van der Waals surface area contributed by atoms with Gasteiger partial charge in [0.2, 0.25) is 18.0 Å². The van der Waals surface area contributed by atoms with Crippen molar-refractivity contribution in [3.8, 4) is 11.5 Å². The summed E-state index contributed by atoms with van der Waals surface area (Å²) >= 11 is 0. The Balaban J connectivity index is 1.73. The zero-order valence-corrected chi connectivity index (χ0v) is 17.7. The maximum absolute atomic E-state index is 12.3. The Bertz CT molecular complexity index is 1250. The van der Waals surface area contributed by atoms with E-state index in [1.165, 1.54) is 25.8 Å². The average Bonchev–Trinajstić information content (AvgIpc) is 3.19. The molecule has 162 valence electrons. The Morgan fingerprint density at radius 3 is 2.22 bits per heavy atom. The molecule has 0 aliphatic carbocycles. The largest absolute Gasteiger partial charge is 0.446 e. The third-order valence-corrected chi connectivity index (χ3v) is 4.75. The molecule has 0 aromatic heterocycles. The molecular weight excluding hydrogens is 412 g/mol. The van der Waals surface area contributed by atoms with Crippen LogP contribution in [0.25, 0.3) is 10.8 Å². The molecule has 32 heavy (non-hydrogen) atoms. The number of nitrogens with zero attached hydrogens (tertiary/aromatic N) is 2. The van der Waals surface area contributed by atoms with Gasteiger partial charge in [0.15, 0.2) is 5.75 Å². The number of hydrogen-bond acceptors (Lipinski definition) is 7. The Morgan fingerprint density at radius 2 is 1.56 bits per heavy atom. The van der Waals surface area contributed by atoms with Gasteiger partial charge in [-0.1, -0.05) is 30.3 Å². The Kier molecular flexibility index (Phi) is 5.59. The first-order chi connectivity index (χ1) is 15.3. The predicted molar refractivity (Wildman–Crippen MR) is 116 cm³/mol. The minimum absolute atomic E-state index is 0.149. The van der Waals surface area contributed by atoms with E-state index in [1.54, 1.807) is 30.3 Å². The summed E-state index contributed by atoms with van der Waals surface area (Å²) in [5, 5.41) is 7.17. The molecule has 1 amide bonds. The molecule has 1 atom stereocenters. The van der Waals surface area contributed by atoms with Crippen molar-refractivity contribution in [2.24, 2.45) is 5.10 Å². The fourth-order valence-corrected chi connectivity index (χ4v) is 3.42. The van der Waals surface area contributed by atoms with Gasteiger partial charge in [-0.25, -0.2) is 0 Å². The highest BCUT2D eigenvalue weighted by molar-refractivity contribution is 6.05. The van der Waals surface area contributed by atoms with Crippen LogP contribution in [0.15, 0.2) is 65.8 Å². The molecular formula is C24H20N2O6. The number of hydrazone groups is 1. The van der Waals surface area contributed by atoms with Crippen LogP contribution in [0, 0.1) is 0 Å². The van der Waals surface area contributed by atoms with Gasteiger partial charge >= 0.3 is 11.9 Å². The third-order valence-electron chi connectivity index (χ3n) is 4.75. The number of benzene rings is 3. The number of hydrogen-bond donors (Lipinski definition) is 0. The number of fused-ring (bicyclic) bond motifs is 1. The summed E-state index contributed by atoms with van der Waals surface area (Å²) < 4.78 is 16.6. The van der Waals surface area contributed by atoms with Gasteiger partial charge in [0, 0.05) is 31.7 Å². The van der Waals surface area contributed by atoms with Crippen molar-refractivity contribution in [2.45, 2.75) is 27.0 Å². The van der Waals surface area contributed by atoms with Crippen molar-refractivity contribution in [1.82, 2.24) is 5.01 Å². The molecule has 3 aromatic carbocycles. The monoisotopic (exact) mass is 432 g/mol. The van der Waals surface area contributed by atoms with Gasteiger partial charge in [0.1, 0.15) is 5.75 Å². The molecule has 4 rings (SSSR count). The van der Waals surface area contributed by atoms with Crippen molar-refractivity contribution >= 4 is 34.5 Å². The van der Waals surface area contributed by atoms with Crippen LogP contribution < -0.4 is 9.47 Å². The van der Waals surface area contributed by atoms with E-state index in [-0.39, 0.29) is 11.8 Å². The summed E-state index contributed by atoms with van der Waals surface area (Å²) in [4.78, 5) is 35.2. The summed E-state index contributed by atoms with van der Waals surface area (Å²) in [5.41, 5.74) is 1.08. The third kappa shape index (κ3) is 4.15. The molecule has 1 aliphatic heterocycles. The lowest BCUT2D eigenvalue weighted by molar-refractivity contribution is -0.135. The minimum Gasteiger partial charge on any atom is -0.446 e. The number of ether oxygens (including phenoxy) is 3. The maximum atomic E-state index is 12.3. The van der Waals surface area contributed by atoms with Crippen LogP contribution in [0.4, 0.5) is 0 Å². The molecule has 8 nitrogen and oxygen atoms in total. The van der Waals surface area contributed by atoms with E-state index in [2.05, 4.69) is 5.10 Å². The van der Waals surface area contributed by atoms with Gasteiger partial charge in [0.05, 0.1) is 5.56 Å². The fraction of sp³-hybridized carbons (Fsp3) is 0.167. The fourth-order valence-electron chi connectivity index (χ4n) is 3.42. The normalized spacial score (nSPS) is 15.2. The highest BCUT2D eigenvalue weighted by Gasteiger charge is 2.34. The molecule has 0 N–H and O–H groups in total. The van der Waals surface area contributed by atoms with Crippen LogP contribution in [0.5, 0.6) is 11.5 Å². The quantitative estimate of drug-likeness (QED) is 0.458. The molecule has 1 unspecified atom stereocenters. The van der Waals surface area contributed by atoms with Crippen LogP contribution in [-0.2, 0) is 19.1 Å². The highest BCUT2D eigenvalue weighted by atomic mass is 16.6. The standard InChI is InChI=1S/C24H20N2O6/c1-14(27)26-24(18-8-11-19(12-9-18)30-15(2)28)32-23(25-26)21-13-10-17-6-4-5-7-20(17)22(21)31-16(3)29/h4-13,24H,1-3H3. The summed E-state index contributed by atoms with van der Waals surface area (Å²) in [5.74, 6) is -0.410. The SMILES string of the molecule is CC(=O)Oc1ccc(C2OC(c3ccc4ccccc4c3OC(C)=O)=NN2C(C)=O)cc1. The van der Waals surface area contributed by atoms with Gasteiger partial charge in [-0.3, -0.25) is 14.4 Å². The second-order valence-electron chi connectivity index (χ2n) is 7.16. The van der Waals surface area contributed by atoms with Crippen molar-refractivity contribution < 1.29 is 28.6 Å². The van der Waals surface area contributed by atoms with Crippen molar-refractivity contribution in [2.75, 3.05) is 0 Å². The zero-order chi connectivity index (χ0) is 22.8. The van der Waals surface area contributed by atoms with E-state index < -0.39 is 18.2 Å². The van der Waals surface area contributed by atoms with E-state index in [4.69, 9.17) is 14.2 Å². The van der Waals surface area contributed by atoms with Crippen LogP contribution >= 0.6 is 0 Å². The molecule has 0 fully saturated rings. The van der Waals surface area contributed by atoms with E-state index in [0.29, 0.717) is 22.6 Å². The lowest BCUT2D eigenvalue weighted by Gasteiger charge is -2.19. The summed E-state index contributed by atoms with van der Waals surface area (Å²) in [7, 11) is 0. The van der Waals surface area contributed by atoms with Crippen molar-refractivity contribution in [3.05, 3.63) is 71.8 Å². The van der Waals surface area contributed by atoms with Crippen molar-refractivity contribution in [3.63, 3.8) is 0 Å². The smallest absolute Gasteiger partial charge is 0.308 e. The van der Waals surface area contributed by atoms with Gasteiger partial charge in [0.25, 0.3) is 0 Å². The van der Waals surface area contributed by atoms with E-state index >= 15 is 0 Å². The molecule has 0 spiro atoms. The molecule has 0 saturated carbocycles. The number of rotatable bonds is 4. The molecule has 1 heterocycles. The van der Waals surface area contributed by atoms with Crippen LogP contribution in [0.1, 0.15) is 38.1 Å². The summed E-state index contributed by atoms with van der Waals surface area (Å²) in [6.07, 6.45) is -0.828. The topological polar surface area (TPSA) is 94.5 Å². The van der Waals surface area contributed by atoms with Crippen molar-refractivity contribution in [1.29, 1.82) is 0 Å². The molecule has 3 aromatic rings. The average molecular weight is 432 g/mol. The van der Waals surface area contributed by atoms with Gasteiger partial charge < -0.3 is 14.2 Å². The highest BCUT2D eigenvalue weighted by Crippen LogP contribution is 2.36. The second kappa shape index (κ2) is 8.50. The van der Waals surface area contributed by atoms with Crippen LogP contribution in [0.2, 0.25) is 0 Å². The van der Waals surface area contributed by atoms with Crippen LogP contribution in [0.3, 0.4) is 0 Å². The Labute approximate surface area is 184 Å². The first-order valence-corrected chi connectivity index (χ1v) is 9.87. The number of carbonyl (C=O) groups excluding carboxylic acids is 3. The summed E-state index contributed by atoms with van der Waals surface area (Å²) in [6.45, 7) is 4.01. The summed E-state index contributed by atoms with van der Waals surface area (Å²) in [6, 6.07) is 17.6. The zero-order valence-electron chi connectivity index (χ0n) is 17.7. The van der Waals surface area contributed by atoms with E-state index in [0.717, 1.165) is 10.8 Å². The first kappa shape index (κ1) is 21.0. The molecule has 0 saturated heterocycles. The van der Waals surface area contributed by atoms with Crippen LogP contribution in [-0.4, -0.2) is 28.8 Å². The maximum Gasteiger partial charge on any atom is 0.308 e. The van der Waals surface area contributed by atoms with E-state index in [9.17, 15) is 14.4 Å². The molecule has 1 aliphatic rings. The number of amides is 1. The minimum atomic E-state index is -0.828. The van der Waals surface area contributed by atoms with E-state index in [1.807, 2.05) is 30.3 Å². The number of carbonyl (C=O) groups is 3. The van der Waals surface area contributed by atoms with Gasteiger partial charge in [-0.2, -0.15) is 5.01 Å². The number of esters is 2. The first-order valence-electron chi connectivity index (χ1n) is 9.87. The lowest BCUT2D eigenvalue weighted by atomic mass is 10.0. The Morgan fingerprint density at radius 1 is 0.875 bits per heavy atom. The lowest BCUT2D eigenvalue weighted by Crippen LogP contribution is -2.25. The second-order valence-corrected chi connectivity index (χ2v) is 7.16. The predicted octanol–water partition coefficient (Wildman–Crippen LogP) is 3.93. The van der Waals surface area contributed by atoms with Gasteiger partial charge in [-0.05, 0) is 35.7 Å². The Hall–Kier alpha value is -4.20. The molecule has 0 bridgehead atoms. The van der Waals surface area contributed by atoms with Gasteiger partial charge in [-0.15, -0.1) is 5.10 Å². The molecule has 0 radical (unpaired) electrons.